The topological polar surface area (TPSA) is 6.48 Å². The molecular weight excluding hydrogens is 520 g/mol. The molecule has 0 radical (unpaired) electrons. The van der Waals surface area contributed by atoms with E-state index in [1.54, 1.807) is 11.1 Å². The maximum atomic E-state index is 6.22. The standard InChI is InChI=1S/C38H49ClN2/c1-7-11-29(8-2)24-30(9-3)25-34-26-36(17-14-31(34)10-4)41-22-20-40(21-23-41)28-33-18-19-38(5,6)27-37(33)32-12-15-35(39)16-13-32/h7,9-17,24,26H,4,8,18-23,25,27-28H2,1-3,5-6H3/b11-7-,29-24+,30-9+. The molecule has 0 N–H and O–H groups in total. The second-order valence-corrected chi connectivity index (χ2v) is 12.8. The molecule has 1 heterocycles. The zero-order valence-electron chi connectivity index (χ0n) is 26.0. The second kappa shape index (κ2) is 14.4. The third kappa shape index (κ3) is 8.37. The number of hydrogen-bond acceptors (Lipinski definition) is 2. The van der Waals surface area contributed by atoms with E-state index in [1.165, 1.54) is 46.4 Å². The summed E-state index contributed by atoms with van der Waals surface area (Å²) in [5.41, 5.74) is 11.5. The number of piperazine rings is 1. The Morgan fingerprint density at radius 3 is 2.37 bits per heavy atom. The van der Waals surface area contributed by atoms with Crippen LogP contribution in [0.5, 0.6) is 0 Å². The van der Waals surface area contributed by atoms with Crippen molar-refractivity contribution < 1.29 is 0 Å². The van der Waals surface area contributed by atoms with Crippen LogP contribution in [0.3, 0.4) is 0 Å². The number of halogens is 1. The van der Waals surface area contributed by atoms with E-state index in [1.807, 2.05) is 18.2 Å². The van der Waals surface area contributed by atoms with E-state index in [0.717, 1.165) is 57.0 Å². The molecule has 0 saturated carbocycles. The largest absolute Gasteiger partial charge is 0.369 e. The molecule has 1 aliphatic heterocycles. The van der Waals surface area contributed by atoms with Crippen molar-refractivity contribution >= 4 is 28.9 Å². The van der Waals surface area contributed by atoms with Gasteiger partial charge in [0.05, 0.1) is 0 Å². The first kappa shape index (κ1) is 31.1. The predicted octanol–water partition coefficient (Wildman–Crippen LogP) is 10.2. The van der Waals surface area contributed by atoms with E-state index in [4.69, 9.17) is 11.6 Å². The van der Waals surface area contributed by atoms with Crippen molar-refractivity contribution in [1.29, 1.82) is 0 Å². The van der Waals surface area contributed by atoms with Crippen LogP contribution in [0.15, 0.2) is 90.1 Å². The molecule has 41 heavy (non-hydrogen) atoms. The molecule has 218 valence electrons. The predicted molar refractivity (Wildman–Crippen MR) is 182 cm³/mol. The number of benzene rings is 2. The fraction of sp³-hybridized carbons (Fsp3) is 0.421. The fourth-order valence-electron chi connectivity index (χ4n) is 6.22. The van der Waals surface area contributed by atoms with E-state index >= 15 is 0 Å². The Hall–Kier alpha value is -2.81. The van der Waals surface area contributed by atoms with E-state index in [9.17, 15) is 0 Å². The summed E-state index contributed by atoms with van der Waals surface area (Å²) in [4.78, 5) is 5.23. The zero-order chi connectivity index (χ0) is 29.4. The zero-order valence-corrected chi connectivity index (χ0v) is 26.7. The van der Waals surface area contributed by atoms with Gasteiger partial charge in [0, 0.05) is 43.4 Å². The summed E-state index contributed by atoms with van der Waals surface area (Å²) in [6, 6.07) is 15.4. The van der Waals surface area contributed by atoms with Gasteiger partial charge in [0.15, 0.2) is 0 Å². The minimum atomic E-state index is 0.347. The van der Waals surface area contributed by atoms with Crippen LogP contribution in [0, 0.1) is 5.41 Å². The van der Waals surface area contributed by atoms with Crippen molar-refractivity contribution in [3.05, 3.63) is 112 Å². The van der Waals surface area contributed by atoms with Crippen molar-refractivity contribution in [2.24, 2.45) is 5.41 Å². The molecule has 0 aromatic heterocycles. The molecule has 2 aliphatic rings. The Balaban J connectivity index is 1.46. The number of rotatable bonds is 10. The molecule has 1 saturated heterocycles. The van der Waals surface area contributed by atoms with Gasteiger partial charge in [-0.2, -0.15) is 0 Å². The van der Waals surface area contributed by atoms with Gasteiger partial charge < -0.3 is 4.90 Å². The summed E-state index contributed by atoms with van der Waals surface area (Å²) in [5, 5.41) is 0.809. The van der Waals surface area contributed by atoms with Gasteiger partial charge in [0.25, 0.3) is 0 Å². The lowest BCUT2D eigenvalue weighted by atomic mass is 9.72. The lowest BCUT2D eigenvalue weighted by molar-refractivity contribution is 0.264. The molecule has 1 fully saturated rings. The summed E-state index contributed by atoms with van der Waals surface area (Å²) in [7, 11) is 0. The highest BCUT2D eigenvalue weighted by molar-refractivity contribution is 6.30. The summed E-state index contributed by atoms with van der Waals surface area (Å²) in [6.45, 7) is 20.7. The van der Waals surface area contributed by atoms with Crippen LogP contribution in [0.25, 0.3) is 11.6 Å². The van der Waals surface area contributed by atoms with Crippen LogP contribution in [-0.2, 0) is 6.42 Å². The smallest absolute Gasteiger partial charge is 0.0406 e. The van der Waals surface area contributed by atoms with Crippen molar-refractivity contribution in [2.45, 2.75) is 66.7 Å². The summed E-state index contributed by atoms with van der Waals surface area (Å²) >= 11 is 6.22. The second-order valence-electron chi connectivity index (χ2n) is 12.4. The Morgan fingerprint density at radius 2 is 1.73 bits per heavy atom. The molecular formula is C38H49ClN2. The third-order valence-corrected chi connectivity index (χ3v) is 9.05. The van der Waals surface area contributed by atoms with Crippen molar-refractivity contribution in [1.82, 2.24) is 4.90 Å². The molecule has 2 aromatic rings. The van der Waals surface area contributed by atoms with Gasteiger partial charge in [-0.25, -0.2) is 0 Å². The van der Waals surface area contributed by atoms with E-state index in [-0.39, 0.29) is 0 Å². The lowest BCUT2D eigenvalue weighted by Gasteiger charge is -2.39. The number of hydrogen-bond donors (Lipinski definition) is 0. The monoisotopic (exact) mass is 568 g/mol. The van der Waals surface area contributed by atoms with Gasteiger partial charge >= 0.3 is 0 Å². The maximum absolute atomic E-state index is 6.22. The van der Waals surface area contributed by atoms with Crippen LogP contribution in [-0.4, -0.2) is 37.6 Å². The SMILES string of the molecule is C=Cc1ccc(N2CCN(CC3=C(c4ccc(Cl)cc4)CC(C)(C)CC3)CC2)cc1CC(=C/C)/C=C(/C=C\C)CC. The maximum Gasteiger partial charge on any atom is 0.0406 e. The average Bonchev–Trinajstić information content (AvgIpc) is 2.98. The van der Waals surface area contributed by atoms with Gasteiger partial charge in [0.2, 0.25) is 0 Å². The first-order chi connectivity index (χ1) is 19.7. The first-order valence-corrected chi connectivity index (χ1v) is 15.8. The van der Waals surface area contributed by atoms with Crippen molar-refractivity contribution in [2.75, 3.05) is 37.6 Å². The molecule has 0 spiro atoms. The Kier molecular flexibility index (Phi) is 10.9. The Bertz CT molecular complexity index is 1310. The molecule has 3 heteroatoms. The molecule has 4 rings (SSSR count). The van der Waals surface area contributed by atoms with E-state index in [2.05, 4.69) is 106 Å². The van der Waals surface area contributed by atoms with Crippen LogP contribution < -0.4 is 4.90 Å². The normalized spacial score (nSPS) is 18.8. The lowest BCUT2D eigenvalue weighted by Crippen LogP contribution is -2.47. The molecule has 2 aromatic carbocycles. The van der Waals surface area contributed by atoms with Crippen molar-refractivity contribution in [3.8, 4) is 0 Å². The van der Waals surface area contributed by atoms with E-state index < -0.39 is 0 Å². The molecule has 0 amide bonds. The van der Waals surface area contributed by atoms with E-state index in [0.29, 0.717) is 5.41 Å². The third-order valence-electron chi connectivity index (χ3n) is 8.80. The Morgan fingerprint density at radius 1 is 1.00 bits per heavy atom. The van der Waals surface area contributed by atoms with Crippen molar-refractivity contribution in [3.63, 3.8) is 0 Å². The number of anilines is 1. The quantitative estimate of drug-likeness (QED) is 0.263. The van der Waals surface area contributed by atoms with Gasteiger partial charge in [0.1, 0.15) is 0 Å². The summed E-state index contributed by atoms with van der Waals surface area (Å²) in [5.74, 6) is 0. The molecule has 1 aliphatic carbocycles. The molecule has 0 unspecified atom stereocenters. The van der Waals surface area contributed by atoms with Gasteiger partial charge in [-0.05, 0) is 109 Å². The minimum absolute atomic E-state index is 0.347. The highest BCUT2D eigenvalue weighted by atomic mass is 35.5. The fourth-order valence-corrected chi connectivity index (χ4v) is 6.34. The average molecular weight is 569 g/mol. The highest BCUT2D eigenvalue weighted by Gasteiger charge is 2.29. The summed E-state index contributed by atoms with van der Waals surface area (Å²) < 4.78 is 0. The first-order valence-electron chi connectivity index (χ1n) is 15.4. The molecule has 0 atom stereocenters. The van der Waals surface area contributed by atoms with Crippen LogP contribution in [0.2, 0.25) is 5.02 Å². The minimum Gasteiger partial charge on any atom is -0.369 e. The van der Waals surface area contributed by atoms with Crippen LogP contribution >= 0.6 is 11.6 Å². The highest BCUT2D eigenvalue weighted by Crippen LogP contribution is 2.43. The van der Waals surface area contributed by atoms with Crippen LogP contribution in [0.1, 0.15) is 77.0 Å². The van der Waals surface area contributed by atoms with Gasteiger partial charge in [-0.1, -0.05) is 93.1 Å². The van der Waals surface area contributed by atoms with Gasteiger partial charge in [-0.15, -0.1) is 0 Å². The molecule has 2 nitrogen and oxygen atoms in total. The number of nitrogens with zero attached hydrogens (tertiary/aromatic N) is 2. The number of allylic oxidation sites excluding steroid dienone is 7. The molecule has 0 bridgehead atoms. The summed E-state index contributed by atoms with van der Waals surface area (Å²) in [6.07, 6.45) is 16.5. The Labute approximate surface area is 254 Å². The van der Waals surface area contributed by atoms with Gasteiger partial charge in [-0.3, -0.25) is 4.90 Å². The van der Waals surface area contributed by atoms with Crippen LogP contribution in [0.4, 0.5) is 5.69 Å².